The maximum absolute atomic E-state index is 11.3. The number of rotatable bonds is 5. The maximum atomic E-state index is 11.3. The van der Waals surface area contributed by atoms with E-state index in [0.29, 0.717) is 13.0 Å². The van der Waals surface area contributed by atoms with Crippen LogP contribution >= 0.6 is 11.7 Å². The number of amides is 1. The molecular weight excluding hydrogens is 218 g/mol. The Morgan fingerprint density at radius 2 is 2.40 bits per heavy atom. The van der Waals surface area contributed by atoms with E-state index in [-0.39, 0.29) is 11.6 Å². The van der Waals surface area contributed by atoms with Crippen molar-refractivity contribution in [2.75, 3.05) is 6.54 Å². The number of nitrogens with zero attached hydrogens (tertiary/aromatic N) is 2. The third kappa shape index (κ3) is 3.62. The van der Waals surface area contributed by atoms with Gasteiger partial charge in [-0.3, -0.25) is 9.59 Å². The quantitative estimate of drug-likeness (QED) is 0.761. The highest BCUT2D eigenvalue weighted by Gasteiger charge is 2.12. The molecule has 1 aromatic heterocycles. The monoisotopic (exact) mass is 229 g/mol. The van der Waals surface area contributed by atoms with Gasteiger partial charge in [-0.15, -0.1) is 0 Å². The van der Waals surface area contributed by atoms with Crippen molar-refractivity contribution in [3.8, 4) is 0 Å². The molecule has 1 rings (SSSR count). The minimum Gasteiger partial charge on any atom is -0.481 e. The lowest BCUT2D eigenvalue weighted by Crippen LogP contribution is -2.27. The summed E-state index contributed by atoms with van der Waals surface area (Å²) in [5.41, 5.74) is 0.267. The molecule has 0 aromatic carbocycles. The summed E-state index contributed by atoms with van der Waals surface area (Å²) in [6.07, 6.45) is 1.78. The first-order valence-corrected chi connectivity index (χ1v) is 5.13. The van der Waals surface area contributed by atoms with Crippen LogP contribution in [0.5, 0.6) is 0 Å². The van der Waals surface area contributed by atoms with Crippen LogP contribution in [-0.2, 0) is 4.79 Å². The van der Waals surface area contributed by atoms with Crippen LogP contribution in [0.1, 0.15) is 23.8 Å². The summed E-state index contributed by atoms with van der Waals surface area (Å²) in [6, 6.07) is 0. The molecular formula is C8H11N3O3S. The highest BCUT2D eigenvalue weighted by atomic mass is 32.1. The molecule has 15 heavy (non-hydrogen) atoms. The molecule has 0 saturated carbocycles. The van der Waals surface area contributed by atoms with Gasteiger partial charge in [-0.1, -0.05) is 6.92 Å². The molecule has 2 N–H and O–H groups in total. The largest absolute Gasteiger partial charge is 0.481 e. The van der Waals surface area contributed by atoms with Crippen molar-refractivity contribution in [2.45, 2.75) is 13.3 Å². The van der Waals surface area contributed by atoms with E-state index >= 15 is 0 Å². The number of hydrogen-bond acceptors (Lipinski definition) is 5. The molecule has 1 amide bonds. The van der Waals surface area contributed by atoms with Crippen LogP contribution in [0.4, 0.5) is 0 Å². The number of nitrogens with one attached hydrogen (secondary N) is 1. The van der Waals surface area contributed by atoms with Crippen molar-refractivity contribution < 1.29 is 14.7 Å². The van der Waals surface area contributed by atoms with Crippen molar-refractivity contribution in [1.29, 1.82) is 0 Å². The molecule has 0 saturated heterocycles. The molecule has 0 aliphatic heterocycles. The van der Waals surface area contributed by atoms with Crippen molar-refractivity contribution in [3.05, 3.63) is 11.9 Å². The van der Waals surface area contributed by atoms with Gasteiger partial charge in [-0.2, -0.15) is 8.75 Å². The molecule has 0 fully saturated rings. The second-order valence-corrected chi connectivity index (χ2v) is 3.63. The van der Waals surface area contributed by atoms with E-state index in [9.17, 15) is 9.59 Å². The lowest BCUT2D eigenvalue weighted by Gasteiger charge is -2.06. The maximum Gasteiger partial charge on any atom is 0.306 e. The highest BCUT2D eigenvalue weighted by Crippen LogP contribution is 2.00. The molecule has 6 nitrogen and oxygen atoms in total. The lowest BCUT2D eigenvalue weighted by atomic mass is 10.1. The smallest absolute Gasteiger partial charge is 0.306 e. The Kier molecular flexibility index (Phi) is 4.17. The number of carboxylic acid groups (broad SMARTS) is 1. The van der Waals surface area contributed by atoms with Gasteiger partial charge in [0.2, 0.25) is 0 Å². The third-order valence-corrected chi connectivity index (χ3v) is 2.36. The summed E-state index contributed by atoms with van der Waals surface area (Å²) in [5, 5.41) is 11.2. The fourth-order valence-electron chi connectivity index (χ4n) is 0.881. The summed E-state index contributed by atoms with van der Waals surface area (Å²) in [4.78, 5) is 21.8. The van der Waals surface area contributed by atoms with Crippen LogP contribution in [-0.4, -0.2) is 32.3 Å². The van der Waals surface area contributed by atoms with Gasteiger partial charge < -0.3 is 10.4 Å². The Bertz CT molecular complexity index is 339. The summed E-state index contributed by atoms with van der Waals surface area (Å²) in [7, 11) is 0. The van der Waals surface area contributed by atoms with Crippen LogP contribution in [0.15, 0.2) is 6.20 Å². The number of carbonyl (C=O) groups is 2. The first-order valence-electron chi connectivity index (χ1n) is 4.40. The summed E-state index contributed by atoms with van der Waals surface area (Å²) in [5.74, 6) is -1.64. The minimum absolute atomic E-state index is 0.267. The van der Waals surface area contributed by atoms with E-state index in [4.69, 9.17) is 5.11 Å². The predicted octanol–water partition coefficient (Wildman–Crippen LogP) is 0.379. The molecule has 0 radical (unpaired) electrons. The van der Waals surface area contributed by atoms with Gasteiger partial charge in [0.25, 0.3) is 5.91 Å². The molecule has 0 aliphatic rings. The van der Waals surface area contributed by atoms with Gasteiger partial charge in [0, 0.05) is 6.54 Å². The zero-order valence-electron chi connectivity index (χ0n) is 8.14. The van der Waals surface area contributed by atoms with Gasteiger partial charge in [0.15, 0.2) is 5.69 Å². The number of hydrogen-bond donors (Lipinski definition) is 2. The van der Waals surface area contributed by atoms with Crippen LogP contribution in [0, 0.1) is 5.92 Å². The van der Waals surface area contributed by atoms with Crippen LogP contribution in [0.2, 0.25) is 0 Å². The van der Waals surface area contributed by atoms with E-state index in [0.717, 1.165) is 11.7 Å². The Balaban J connectivity index is 2.27. The molecule has 1 aromatic rings. The molecule has 82 valence electrons. The van der Waals surface area contributed by atoms with Gasteiger partial charge in [0.05, 0.1) is 23.8 Å². The van der Waals surface area contributed by atoms with Gasteiger partial charge in [-0.25, -0.2) is 0 Å². The van der Waals surface area contributed by atoms with E-state index in [1.807, 2.05) is 0 Å². The number of aromatic nitrogens is 2. The molecule has 0 bridgehead atoms. The lowest BCUT2D eigenvalue weighted by molar-refractivity contribution is -0.141. The van der Waals surface area contributed by atoms with E-state index in [1.54, 1.807) is 6.92 Å². The fraction of sp³-hybridized carbons (Fsp3) is 0.500. The van der Waals surface area contributed by atoms with E-state index in [2.05, 4.69) is 14.1 Å². The molecule has 0 spiro atoms. The zero-order chi connectivity index (χ0) is 11.3. The first kappa shape index (κ1) is 11.6. The summed E-state index contributed by atoms with van der Waals surface area (Å²) < 4.78 is 7.44. The topological polar surface area (TPSA) is 92.2 Å². The van der Waals surface area contributed by atoms with Crippen LogP contribution in [0.25, 0.3) is 0 Å². The van der Waals surface area contributed by atoms with Crippen molar-refractivity contribution >= 4 is 23.6 Å². The summed E-state index contributed by atoms with van der Waals surface area (Å²) >= 11 is 0.958. The number of carboxylic acids is 1. The summed E-state index contributed by atoms with van der Waals surface area (Å²) in [6.45, 7) is 1.92. The molecule has 1 atom stereocenters. The zero-order valence-corrected chi connectivity index (χ0v) is 8.95. The average molecular weight is 229 g/mol. The average Bonchev–Trinajstić information content (AvgIpc) is 2.70. The van der Waals surface area contributed by atoms with E-state index < -0.39 is 11.9 Å². The minimum atomic E-state index is -0.862. The highest BCUT2D eigenvalue weighted by molar-refractivity contribution is 6.99. The van der Waals surface area contributed by atoms with Crippen molar-refractivity contribution in [1.82, 2.24) is 14.1 Å². The Morgan fingerprint density at radius 3 is 2.93 bits per heavy atom. The third-order valence-electron chi connectivity index (χ3n) is 1.88. The molecule has 1 heterocycles. The molecule has 7 heteroatoms. The second-order valence-electron chi connectivity index (χ2n) is 3.08. The van der Waals surface area contributed by atoms with Crippen LogP contribution < -0.4 is 5.32 Å². The number of aliphatic carboxylic acids is 1. The molecule has 0 aliphatic carbocycles. The van der Waals surface area contributed by atoms with Gasteiger partial charge in [0.1, 0.15) is 0 Å². The predicted molar refractivity (Wildman–Crippen MR) is 53.7 cm³/mol. The number of carbonyl (C=O) groups excluding carboxylic acids is 1. The van der Waals surface area contributed by atoms with Gasteiger partial charge >= 0.3 is 5.97 Å². The Hall–Kier alpha value is -1.50. The first-order chi connectivity index (χ1) is 7.11. The fourth-order valence-corrected chi connectivity index (χ4v) is 1.29. The molecule has 1 unspecified atom stereocenters. The Morgan fingerprint density at radius 1 is 1.67 bits per heavy atom. The SMILES string of the molecule is CC(CCNC(=O)c1cnsn1)C(=O)O. The normalized spacial score (nSPS) is 12.1. The second kappa shape index (κ2) is 5.40. The standard InChI is InChI=1S/C8H11N3O3S/c1-5(8(13)14)2-3-9-7(12)6-4-10-15-11-6/h4-5H,2-3H2,1H3,(H,9,12)(H,13,14). The Labute approximate surface area is 90.7 Å². The van der Waals surface area contributed by atoms with E-state index in [1.165, 1.54) is 6.20 Å². The van der Waals surface area contributed by atoms with Crippen molar-refractivity contribution in [2.24, 2.45) is 5.92 Å². The van der Waals surface area contributed by atoms with Crippen molar-refractivity contribution in [3.63, 3.8) is 0 Å². The van der Waals surface area contributed by atoms with Crippen LogP contribution in [0.3, 0.4) is 0 Å². The van der Waals surface area contributed by atoms with Gasteiger partial charge in [-0.05, 0) is 6.42 Å².